The third-order valence-corrected chi connectivity index (χ3v) is 3.16. The molecule has 0 fully saturated rings. The number of ether oxygens (including phenoxy) is 3. The summed E-state index contributed by atoms with van der Waals surface area (Å²) in [5, 5.41) is 0.568. The maximum atomic E-state index is 13.6. The first-order valence-electron chi connectivity index (χ1n) is 6.28. The van der Waals surface area contributed by atoms with Gasteiger partial charge in [0, 0.05) is 31.2 Å². The Morgan fingerprint density at radius 3 is 2.63 bits per heavy atom. The Kier molecular flexibility index (Phi) is 8.99. The van der Waals surface area contributed by atoms with E-state index < -0.39 is 0 Å². The Labute approximate surface area is 122 Å². The van der Waals surface area contributed by atoms with Gasteiger partial charge in [-0.15, -0.1) is 0 Å². The third-order valence-electron chi connectivity index (χ3n) is 2.58. The Bertz CT molecular complexity index is 349. The molecule has 0 saturated carbocycles. The quantitative estimate of drug-likeness (QED) is 0.485. The van der Waals surface area contributed by atoms with Crippen LogP contribution in [0.25, 0.3) is 0 Å². The van der Waals surface area contributed by atoms with E-state index in [1.807, 2.05) is 6.07 Å². The second kappa shape index (κ2) is 10.3. The molecule has 0 saturated heterocycles. The van der Waals surface area contributed by atoms with Crippen molar-refractivity contribution in [1.29, 1.82) is 0 Å². The van der Waals surface area contributed by atoms with Gasteiger partial charge in [0.1, 0.15) is 5.82 Å². The van der Waals surface area contributed by atoms with Gasteiger partial charge in [-0.25, -0.2) is 4.39 Å². The summed E-state index contributed by atoms with van der Waals surface area (Å²) in [7, 11) is 1.64. The fraction of sp³-hybridized carbons (Fsp3) is 0.571. The smallest absolute Gasteiger partial charge is 0.129 e. The number of benzene rings is 1. The number of rotatable bonds is 10. The minimum atomic E-state index is -0.264. The molecular formula is C14H20BrFO3. The van der Waals surface area contributed by atoms with Crippen molar-refractivity contribution in [3.63, 3.8) is 0 Å². The van der Waals surface area contributed by atoms with Crippen LogP contribution in [0.1, 0.15) is 18.1 Å². The third kappa shape index (κ3) is 6.47. The van der Waals surface area contributed by atoms with Gasteiger partial charge in [0.15, 0.2) is 0 Å². The van der Waals surface area contributed by atoms with Crippen LogP contribution in [-0.4, -0.2) is 38.9 Å². The molecule has 5 heteroatoms. The van der Waals surface area contributed by atoms with Gasteiger partial charge in [-0.05, 0) is 12.5 Å². The predicted octanol–water partition coefficient (Wildman–Crippen LogP) is 3.33. The molecule has 0 aliphatic carbocycles. The summed E-state index contributed by atoms with van der Waals surface area (Å²) in [5.74, 6) is -0.233. The molecule has 0 bridgehead atoms. The van der Waals surface area contributed by atoms with Crippen LogP contribution in [0.5, 0.6) is 0 Å². The average Bonchev–Trinajstić information content (AvgIpc) is 2.43. The highest BCUT2D eigenvalue weighted by molar-refractivity contribution is 9.09. The lowest BCUT2D eigenvalue weighted by molar-refractivity contribution is 0.0305. The molecule has 0 aliphatic rings. The zero-order chi connectivity index (χ0) is 13.9. The molecule has 0 radical (unpaired) electrons. The summed E-state index contributed by atoms with van der Waals surface area (Å²) < 4.78 is 29.5. The van der Waals surface area contributed by atoms with Crippen molar-refractivity contribution in [3.8, 4) is 0 Å². The van der Waals surface area contributed by atoms with Gasteiger partial charge >= 0.3 is 0 Å². The molecule has 0 aliphatic heterocycles. The maximum Gasteiger partial charge on any atom is 0.129 e. The van der Waals surface area contributed by atoms with E-state index in [9.17, 15) is 4.39 Å². The Balaban J connectivity index is 2.24. The van der Waals surface area contributed by atoms with Gasteiger partial charge in [0.2, 0.25) is 0 Å². The van der Waals surface area contributed by atoms with E-state index in [0.717, 1.165) is 6.42 Å². The van der Waals surface area contributed by atoms with E-state index in [-0.39, 0.29) is 11.9 Å². The number of hydrogen-bond acceptors (Lipinski definition) is 3. The molecular weight excluding hydrogens is 315 g/mol. The molecule has 0 aromatic heterocycles. The highest BCUT2D eigenvalue weighted by Gasteiger charge is 2.14. The van der Waals surface area contributed by atoms with Crippen molar-refractivity contribution in [2.75, 3.05) is 38.9 Å². The van der Waals surface area contributed by atoms with Gasteiger partial charge in [0.05, 0.1) is 19.3 Å². The highest BCUT2D eigenvalue weighted by atomic mass is 79.9. The topological polar surface area (TPSA) is 27.7 Å². The molecule has 1 rings (SSSR count). The van der Waals surface area contributed by atoms with E-state index in [1.165, 1.54) is 6.07 Å². The van der Waals surface area contributed by atoms with Gasteiger partial charge in [0.25, 0.3) is 0 Å². The predicted molar refractivity (Wildman–Crippen MR) is 76.2 cm³/mol. The van der Waals surface area contributed by atoms with Crippen molar-refractivity contribution in [2.45, 2.75) is 12.5 Å². The Hall–Kier alpha value is -0.490. The average molecular weight is 335 g/mol. The second-order valence-corrected chi connectivity index (χ2v) is 4.64. The summed E-state index contributed by atoms with van der Waals surface area (Å²) >= 11 is 3.35. The van der Waals surface area contributed by atoms with Crippen molar-refractivity contribution in [2.24, 2.45) is 0 Å². The van der Waals surface area contributed by atoms with Crippen LogP contribution in [0.15, 0.2) is 24.3 Å². The van der Waals surface area contributed by atoms with E-state index in [1.54, 1.807) is 19.2 Å². The first kappa shape index (κ1) is 16.6. The molecule has 0 spiro atoms. The fourth-order valence-corrected chi connectivity index (χ4v) is 2.12. The van der Waals surface area contributed by atoms with Crippen molar-refractivity contribution in [1.82, 2.24) is 0 Å². The Morgan fingerprint density at radius 1 is 1.16 bits per heavy atom. The molecule has 0 amide bonds. The lowest BCUT2D eigenvalue weighted by Crippen LogP contribution is -2.11. The SMILES string of the molecule is COCCOCCCOC(CBr)c1ccccc1F. The molecule has 1 aromatic carbocycles. The standard InChI is InChI=1S/C14H20BrFO3/c1-17-9-10-18-7-4-8-19-14(11-15)12-5-2-3-6-13(12)16/h2-3,5-6,14H,4,7-11H2,1H3. The van der Waals surface area contributed by atoms with Crippen LogP contribution in [0.2, 0.25) is 0 Å². The van der Waals surface area contributed by atoms with Crippen LogP contribution in [0.3, 0.4) is 0 Å². The monoisotopic (exact) mass is 334 g/mol. The summed E-state index contributed by atoms with van der Waals surface area (Å²) in [6.07, 6.45) is 0.516. The van der Waals surface area contributed by atoms with E-state index in [4.69, 9.17) is 14.2 Å². The molecule has 108 valence electrons. The lowest BCUT2D eigenvalue weighted by atomic mass is 10.1. The van der Waals surface area contributed by atoms with Crippen molar-refractivity contribution < 1.29 is 18.6 Å². The molecule has 0 N–H and O–H groups in total. The maximum absolute atomic E-state index is 13.6. The fourth-order valence-electron chi connectivity index (χ4n) is 1.58. The van der Waals surface area contributed by atoms with Crippen LogP contribution < -0.4 is 0 Å². The van der Waals surface area contributed by atoms with Gasteiger partial charge < -0.3 is 14.2 Å². The minimum Gasteiger partial charge on any atom is -0.382 e. The summed E-state index contributed by atoms with van der Waals surface area (Å²) in [6.45, 7) is 2.35. The van der Waals surface area contributed by atoms with Crippen LogP contribution >= 0.6 is 15.9 Å². The molecule has 1 unspecified atom stereocenters. The zero-order valence-electron chi connectivity index (χ0n) is 11.1. The summed E-state index contributed by atoms with van der Waals surface area (Å²) in [6, 6.07) is 6.68. The van der Waals surface area contributed by atoms with E-state index in [0.29, 0.717) is 37.3 Å². The Morgan fingerprint density at radius 2 is 1.95 bits per heavy atom. The summed E-state index contributed by atoms with van der Waals surface area (Å²) in [4.78, 5) is 0. The van der Waals surface area contributed by atoms with Crippen LogP contribution in [0, 0.1) is 5.82 Å². The normalized spacial score (nSPS) is 12.6. The van der Waals surface area contributed by atoms with E-state index >= 15 is 0 Å². The van der Waals surface area contributed by atoms with Crippen LogP contribution in [0.4, 0.5) is 4.39 Å². The molecule has 1 aromatic rings. The first-order chi connectivity index (χ1) is 9.29. The molecule has 1 atom stereocenters. The van der Waals surface area contributed by atoms with Crippen molar-refractivity contribution in [3.05, 3.63) is 35.6 Å². The molecule has 3 nitrogen and oxygen atoms in total. The number of alkyl halides is 1. The number of methoxy groups -OCH3 is 1. The lowest BCUT2D eigenvalue weighted by Gasteiger charge is -2.16. The van der Waals surface area contributed by atoms with Gasteiger partial charge in [-0.3, -0.25) is 0 Å². The van der Waals surface area contributed by atoms with Gasteiger partial charge in [-0.2, -0.15) is 0 Å². The van der Waals surface area contributed by atoms with E-state index in [2.05, 4.69) is 15.9 Å². The second-order valence-electron chi connectivity index (χ2n) is 3.99. The first-order valence-corrected chi connectivity index (χ1v) is 7.40. The van der Waals surface area contributed by atoms with Crippen LogP contribution in [-0.2, 0) is 14.2 Å². The zero-order valence-corrected chi connectivity index (χ0v) is 12.7. The minimum absolute atomic E-state index is 0.233. The number of hydrogen-bond donors (Lipinski definition) is 0. The van der Waals surface area contributed by atoms with Gasteiger partial charge in [-0.1, -0.05) is 34.1 Å². The highest BCUT2D eigenvalue weighted by Crippen LogP contribution is 2.22. The summed E-state index contributed by atoms with van der Waals surface area (Å²) in [5.41, 5.74) is 0.583. The largest absolute Gasteiger partial charge is 0.382 e. The van der Waals surface area contributed by atoms with Crippen molar-refractivity contribution >= 4 is 15.9 Å². The molecule has 0 heterocycles. The molecule has 19 heavy (non-hydrogen) atoms. The number of halogens is 2.